The maximum atomic E-state index is 5.54. The molecule has 0 aliphatic carbocycles. The molecule has 1 N–H and O–H groups in total. The van der Waals surface area contributed by atoms with Crippen LogP contribution in [0.25, 0.3) is 5.70 Å². The van der Waals surface area contributed by atoms with Gasteiger partial charge in [-0.15, -0.1) is 0 Å². The highest BCUT2D eigenvalue weighted by atomic mass is 16.5. The third-order valence-corrected chi connectivity index (χ3v) is 4.68. The smallest absolute Gasteiger partial charge is 0.248 e. The van der Waals surface area contributed by atoms with Crippen molar-refractivity contribution in [3.05, 3.63) is 70.8 Å². The molecule has 0 saturated heterocycles. The third-order valence-electron chi connectivity index (χ3n) is 4.68. The Hall–Kier alpha value is -3.15. The van der Waals surface area contributed by atoms with E-state index in [-0.39, 0.29) is 6.04 Å². The van der Waals surface area contributed by atoms with Crippen molar-refractivity contribution in [3.63, 3.8) is 0 Å². The van der Waals surface area contributed by atoms with E-state index in [0.717, 1.165) is 22.6 Å². The first-order valence-electron chi connectivity index (χ1n) is 8.73. The number of allylic oxidation sites excluding steroid dienone is 1. The van der Waals surface area contributed by atoms with Crippen molar-refractivity contribution in [1.29, 1.82) is 0 Å². The summed E-state index contributed by atoms with van der Waals surface area (Å²) in [6.45, 7) is 6.87. The van der Waals surface area contributed by atoms with E-state index in [2.05, 4.69) is 71.1 Å². The zero-order chi connectivity index (χ0) is 18.1. The first-order chi connectivity index (χ1) is 12.7. The van der Waals surface area contributed by atoms with Gasteiger partial charge >= 0.3 is 0 Å². The Morgan fingerprint density at radius 3 is 2.62 bits per heavy atom. The molecule has 3 aromatic rings. The third kappa shape index (κ3) is 2.94. The standard InChI is InChI=1S/C20H21N5O/c1-4-26-17-9-7-15(8-10-17)19-12-18(21-20-22-23-24-25(19)20)16-6-5-13(2)14(3)11-16/h5-12,19H,4H2,1-3H3,(H,21,22,24)/t19-/m1/s1. The SMILES string of the molecule is CCOc1ccc([C@H]2C=C(c3ccc(C)c(C)c3)Nc3nnnn32)cc1. The van der Waals surface area contributed by atoms with E-state index in [4.69, 9.17) is 4.74 Å². The lowest BCUT2D eigenvalue weighted by Gasteiger charge is -2.24. The fraction of sp³-hybridized carbons (Fsp3) is 0.250. The van der Waals surface area contributed by atoms with E-state index in [1.165, 1.54) is 11.1 Å². The fourth-order valence-electron chi connectivity index (χ4n) is 3.10. The quantitative estimate of drug-likeness (QED) is 0.779. The van der Waals surface area contributed by atoms with Crippen LogP contribution in [0.15, 0.2) is 48.5 Å². The van der Waals surface area contributed by atoms with Crippen molar-refractivity contribution in [2.45, 2.75) is 26.8 Å². The maximum absolute atomic E-state index is 5.54. The summed E-state index contributed by atoms with van der Waals surface area (Å²) in [6.07, 6.45) is 2.16. The molecule has 0 unspecified atom stereocenters. The number of nitrogens with one attached hydrogen (secondary N) is 1. The lowest BCUT2D eigenvalue weighted by atomic mass is 9.99. The average molecular weight is 347 g/mol. The topological polar surface area (TPSA) is 64.9 Å². The number of benzene rings is 2. The van der Waals surface area contributed by atoms with Gasteiger partial charge in [0.1, 0.15) is 11.8 Å². The highest BCUT2D eigenvalue weighted by Gasteiger charge is 2.24. The van der Waals surface area contributed by atoms with Crippen LogP contribution in [0.2, 0.25) is 0 Å². The highest BCUT2D eigenvalue weighted by Crippen LogP contribution is 2.32. The molecule has 0 bridgehead atoms. The van der Waals surface area contributed by atoms with E-state index in [1.807, 2.05) is 19.1 Å². The Labute approximate surface area is 152 Å². The molecule has 0 spiro atoms. The van der Waals surface area contributed by atoms with Gasteiger partial charge in [0.05, 0.1) is 6.61 Å². The van der Waals surface area contributed by atoms with Crippen molar-refractivity contribution in [3.8, 4) is 5.75 Å². The molecule has 0 radical (unpaired) electrons. The summed E-state index contributed by atoms with van der Waals surface area (Å²) < 4.78 is 7.33. The summed E-state index contributed by atoms with van der Waals surface area (Å²) in [4.78, 5) is 0. The lowest BCUT2D eigenvalue weighted by molar-refractivity contribution is 0.340. The molecule has 1 atom stereocenters. The van der Waals surface area contributed by atoms with Gasteiger partial charge in [0.2, 0.25) is 5.95 Å². The molecule has 6 heteroatoms. The minimum atomic E-state index is -0.0754. The number of aromatic nitrogens is 4. The van der Waals surface area contributed by atoms with Crippen LogP contribution in [0.1, 0.15) is 35.2 Å². The summed E-state index contributed by atoms with van der Waals surface area (Å²) in [5, 5.41) is 15.4. The molecule has 0 saturated carbocycles. The summed E-state index contributed by atoms with van der Waals surface area (Å²) in [7, 11) is 0. The molecule has 2 heterocycles. The van der Waals surface area contributed by atoms with Crippen molar-refractivity contribution >= 4 is 11.6 Å². The minimum Gasteiger partial charge on any atom is -0.494 e. The molecule has 1 aliphatic heterocycles. The Morgan fingerprint density at radius 1 is 1.08 bits per heavy atom. The molecular weight excluding hydrogens is 326 g/mol. The normalized spacial score (nSPS) is 15.8. The Balaban J connectivity index is 1.74. The first-order valence-corrected chi connectivity index (χ1v) is 8.73. The monoisotopic (exact) mass is 347 g/mol. The molecule has 6 nitrogen and oxygen atoms in total. The zero-order valence-corrected chi connectivity index (χ0v) is 15.1. The molecule has 132 valence electrons. The van der Waals surface area contributed by atoms with Crippen LogP contribution >= 0.6 is 0 Å². The molecule has 2 aromatic carbocycles. The summed E-state index contributed by atoms with van der Waals surface area (Å²) >= 11 is 0. The summed E-state index contributed by atoms with van der Waals surface area (Å²) in [5.74, 6) is 1.50. The van der Waals surface area contributed by atoms with E-state index >= 15 is 0 Å². The van der Waals surface area contributed by atoms with Gasteiger partial charge in [-0.3, -0.25) is 0 Å². The van der Waals surface area contributed by atoms with Gasteiger partial charge in [0.25, 0.3) is 0 Å². The predicted molar refractivity (Wildman–Crippen MR) is 101 cm³/mol. The Kier molecular flexibility index (Phi) is 4.16. The number of rotatable bonds is 4. The number of anilines is 1. The number of fused-ring (bicyclic) bond motifs is 1. The number of ether oxygens (including phenoxy) is 1. The minimum absolute atomic E-state index is 0.0754. The summed E-state index contributed by atoms with van der Waals surface area (Å²) in [6, 6.07) is 14.4. The van der Waals surface area contributed by atoms with Gasteiger partial charge < -0.3 is 10.1 Å². The lowest BCUT2D eigenvalue weighted by Crippen LogP contribution is -2.20. The van der Waals surface area contributed by atoms with E-state index in [1.54, 1.807) is 4.68 Å². The molecular formula is C20H21N5O. The first kappa shape index (κ1) is 16.3. The fourth-order valence-corrected chi connectivity index (χ4v) is 3.10. The van der Waals surface area contributed by atoms with E-state index in [9.17, 15) is 0 Å². The van der Waals surface area contributed by atoms with Crippen LogP contribution < -0.4 is 10.1 Å². The Morgan fingerprint density at radius 2 is 1.88 bits per heavy atom. The van der Waals surface area contributed by atoms with Crippen molar-refractivity contribution in [2.24, 2.45) is 0 Å². The number of aryl methyl sites for hydroxylation is 2. The van der Waals surface area contributed by atoms with Gasteiger partial charge in [-0.2, -0.15) is 4.68 Å². The predicted octanol–water partition coefficient (Wildman–Crippen LogP) is 3.74. The van der Waals surface area contributed by atoms with Crippen LogP contribution in [0.3, 0.4) is 0 Å². The molecule has 0 amide bonds. The largest absolute Gasteiger partial charge is 0.494 e. The second kappa shape index (κ2) is 6.63. The molecule has 0 fully saturated rings. The van der Waals surface area contributed by atoms with Crippen LogP contribution in [-0.4, -0.2) is 26.8 Å². The van der Waals surface area contributed by atoms with Gasteiger partial charge in [0, 0.05) is 5.70 Å². The number of hydrogen-bond acceptors (Lipinski definition) is 5. The van der Waals surface area contributed by atoms with Crippen molar-refractivity contribution < 1.29 is 4.74 Å². The second-order valence-electron chi connectivity index (χ2n) is 6.40. The van der Waals surface area contributed by atoms with Crippen LogP contribution in [0, 0.1) is 13.8 Å². The molecule has 1 aliphatic rings. The number of tetrazole rings is 1. The van der Waals surface area contributed by atoms with Crippen LogP contribution in [-0.2, 0) is 0 Å². The van der Waals surface area contributed by atoms with E-state index in [0.29, 0.717) is 12.6 Å². The average Bonchev–Trinajstić information content (AvgIpc) is 3.13. The van der Waals surface area contributed by atoms with Gasteiger partial charge in [-0.05, 0) is 77.7 Å². The summed E-state index contributed by atoms with van der Waals surface area (Å²) in [5.41, 5.74) is 5.77. The van der Waals surface area contributed by atoms with Crippen molar-refractivity contribution in [1.82, 2.24) is 20.2 Å². The molecule has 26 heavy (non-hydrogen) atoms. The van der Waals surface area contributed by atoms with Crippen LogP contribution in [0.4, 0.5) is 5.95 Å². The Bertz CT molecular complexity index is 959. The molecule has 1 aromatic heterocycles. The van der Waals surface area contributed by atoms with Gasteiger partial charge in [-0.1, -0.05) is 29.4 Å². The van der Waals surface area contributed by atoms with Gasteiger partial charge in [-0.25, -0.2) is 0 Å². The van der Waals surface area contributed by atoms with Crippen LogP contribution in [0.5, 0.6) is 5.75 Å². The maximum Gasteiger partial charge on any atom is 0.248 e. The number of nitrogens with zero attached hydrogens (tertiary/aromatic N) is 4. The molecule has 4 rings (SSSR count). The highest BCUT2D eigenvalue weighted by molar-refractivity contribution is 5.77. The van der Waals surface area contributed by atoms with E-state index < -0.39 is 0 Å². The van der Waals surface area contributed by atoms with Crippen molar-refractivity contribution in [2.75, 3.05) is 11.9 Å². The van der Waals surface area contributed by atoms with Gasteiger partial charge in [0.15, 0.2) is 0 Å². The second-order valence-corrected chi connectivity index (χ2v) is 6.40. The number of hydrogen-bond donors (Lipinski definition) is 1. The zero-order valence-electron chi connectivity index (χ0n) is 15.1.